The minimum absolute atomic E-state index is 0.0955. The molecule has 2 aromatic heterocycles. The van der Waals surface area contributed by atoms with Gasteiger partial charge in [0.2, 0.25) is 5.91 Å². The zero-order chi connectivity index (χ0) is 26.3. The first-order chi connectivity index (χ1) is 18.0. The van der Waals surface area contributed by atoms with Crippen molar-refractivity contribution in [3.05, 3.63) is 53.6 Å². The lowest BCUT2D eigenvalue weighted by Gasteiger charge is -2.40. The Kier molecular flexibility index (Phi) is 9.53. The van der Waals surface area contributed by atoms with Crippen LogP contribution in [-0.2, 0) is 4.79 Å². The topological polar surface area (TPSA) is 100 Å². The van der Waals surface area contributed by atoms with Gasteiger partial charge < -0.3 is 9.64 Å². The van der Waals surface area contributed by atoms with E-state index in [-0.39, 0.29) is 11.4 Å². The number of benzene rings is 1. The van der Waals surface area contributed by atoms with E-state index in [0.29, 0.717) is 54.6 Å². The Morgan fingerprint density at radius 3 is 2.81 bits per heavy atom. The van der Waals surface area contributed by atoms with E-state index < -0.39 is 17.5 Å². The van der Waals surface area contributed by atoms with Crippen LogP contribution in [-0.4, -0.2) is 63.5 Å². The maximum atomic E-state index is 15.7. The molecule has 1 amide bonds. The molecule has 1 atom stereocenters. The Bertz CT molecular complexity index is 1200. The van der Waals surface area contributed by atoms with Gasteiger partial charge in [0.25, 0.3) is 0 Å². The number of likely N-dealkylation sites (tertiary alicyclic amines) is 1. The van der Waals surface area contributed by atoms with Gasteiger partial charge in [0.1, 0.15) is 16.9 Å². The standard InChI is InChI=1S/C26H31ClFN5O3S/c1-36-18-3-4-22-19(15-18)24(20(27)16-31-22)21(28)5-6-26(25(34)32-35)7-12-33(13-8-26)11-2-14-37-23-17-29-9-10-30-23/h3-4,9-10,15-17,21,35H,2,5-8,11-14H2,1H3,(H,32,34)/t21-/m1/s1. The van der Waals surface area contributed by atoms with Gasteiger partial charge in [0.15, 0.2) is 0 Å². The van der Waals surface area contributed by atoms with Gasteiger partial charge in [0, 0.05) is 35.3 Å². The molecule has 11 heteroatoms. The first-order valence-corrected chi connectivity index (χ1v) is 13.6. The number of aromatic nitrogens is 3. The number of hydrogen-bond acceptors (Lipinski definition) is 8. The third kappa shape index (κ3) is 6.67. The average molecular weight is 548 g/mol. The molecule has 0 aliphatic carbocycles. The van der Waals surface area contributed by atoms with Gasteiger partial charge in [0.05, 0.1) is 29.3 Å². The van der Waals surface area contributed by atoms with Crippen LogP contribution >= 0.6 is 23.4 Å². The summed E-state index contributed by atoms with van der Waals surface area (Å²) in [4.78, 5) is 27.7. The van der Waals surface area contributed by atoms with Crippen LogP contribution in [0.4, 0.5) is 4.39 Å². The van der Waals surface area contributed by atoms with Crippen molar-refractivity contribution in [3.8, 4) is 5.75 Å². The minimum Gasteiger partial charge on any atom is -0.497 e. The maximum absolute atomic E-state index is 15.7. The second kappa shape index (κ2) is 12.8. The molecule has 1 aliphatic heterocycles. The molecule has 0 saturated carbocycles. The number of fused-ring (bicyclic) bond motifs is 1. The van der Waals surface area contributed by atoms with E-state index in [0.717, 1.165) is 23.7 Å². The maximum Gasteiger partial charge on any atom is 0.249 e. The van der Waals surface area contributed by atoms with E-state index in [2.05, 4.69) is 19.9 Å². The van der Waals surface area contributed by atoms with Crippen molar-refractivity contribution in [1.29, 1.82) is 0 Å². The second-order valence-corrected chi connectivity index (χ2v) is 10.7. The van der Waals surface area contributed by atoms with E-state index in [1.165, 1.54) is 6.20 Å². The smallest absolute Gasteiger partial charge is 0.249 e. The lowest BCUT2D eigenvalue weighted by atomic mass is 9.73. The quantitative estimate of drug-likeness (QED) is 0.145. The number of amides is 1. The van der Waals surface area contributed by atoms with Gasteiger partial charge in [-0.2, -0.15) is 0 Å². The molecule has 198 valence electrons. The fraction of sp³-hybridized carbons (Fsp3) is 0.462. The molecule has 1 fully saturated rings. The number of rotatable bonds is 11. The highest BCUT2D eigenvalue weighted by Crippen LogP contribution is 2.42. The number of nitrogens with one attached hydrogen (secondary N) is 1. The number of carbonyl (C=O) groups excluding carboxylic acids is 1. The van der Waals surface area contributed by atoms with Crippen LogP contribution in [0, 0.1) is 5.41 Å². The highest BCUT2D eigenvalue weighted by atomic mass is 35.5. The highest BCUT2D eigenvalue weighted by molar-refractivity contribution is 7.99. The van der Waals surface area contributed by atoms with Crippen molar-refractivity contribution in [3.63, 3.8) is 0 Å². The molecule has 3 heterocycles. The van der Waals surface area contributed by atoms with Crippen molar-refractivity contribution in [2.24, 2.45) is 5.41 Å². The number of ether oxygens (including phenoxy) is 1. The fourth-order valence-corrected chi connectivity index (χ4v) is 5.92. The molecule has 37 heavy (non-hydrogen) atoms. The van der Waals surface area contributed by atoms with Gasteiger partial charge in [-0.15, -0.1) is 11.8 Å². The largest absolute Gasteiger partial charge is 0.497 e. The van der Waals surface area contributed by atoms with Crippen molar-refractivity contribution in [2.45, 2.75) is 43.3 Å². The molecular formula is C26H31ClFN5O3S. The van der Waals surface area contributed by atoms with Crippen molar-refractivity contribution in [1.82, 2.24) is 25.3 Å². The van der Waals surface area contributed by atoms with E-state index in [1.54, 1.807) is 55.7 Å². The Hall–Kier alpha value is -2.53. The number of nitrogens with zero attached hydrogens (tertiary/aromatic N) is 4. The molecule has 8 nitrogen and oxygen atoms in total. The summed E-state index contributed by atoms with van der Waals surface area (Å²) < 4.78 is 21.0. The van der Waals surface area contributed by atoms with Crippen LogP contribution in [0.5, 0.6) is 5.75 Å². The average Bonchev–Trinajstić information content (AvgIpc) is 2.94. The molecule has 1 aliphatic rings. The molecule has 0 bridgehead atoms. The number of methoxy groups -OCH3 is 1. The Morgan fingerprint density at radius 1 is 1.30 bits per heavy atom. The third-order valence-corrected chi connectivity index (χ3v) is 8.36. The predicted molar refractivity (Wildman–Crippen MR) is 142 cm³/mol. The van der Waals surface area contributed by atoms with E-state index >= 15 is 4.39 Å². The number of hydroxylamine groups is 1. The monoisotopic (exact) mass is 547 g/mol. The van der Waals surface area contributed by atoms with Crippen LogP contribution < -0.4 is 10.2 Å². The molecular weight excluding hydrogens is 517 g/mol. The highest BCUT2D eigenvalue weighted by Gasteiger charge is 2.41. The number of thioether (sulfide) groups is 1. The summed E-state index contributed by atoms with van der Waals surface area (Å²) in [6.07, 6.45) is 7.60. The fourth-order valence-electron chi connectivity index (χ4n) is 4.90. The lowest BCUT2D eigenvalue weighted by molar-refractivity contribution is -0.143. The predicted octanol–water partition coefficient (Wildman–Crippen LogP) is 5.25. The van der Waals surface area contributed by atoms with E-state index in [1.807, 2.05) is 5.48 Å². The van der Waals surface area contributed by atoms with Crippen molar-refractivity contribution in [2.75, 3.05) is 32.5 Å². The Balaban J connectivity index is 1.36. The number of alkyl halides is 1. The first kappa shape index (κ1) is 27.5. The first-order valence-electron chi connectivity index (χ1n) is 12.3. The summed E-state index contributed by atoms with van der Waals surface area (Å²) in [6, 6.07) is 5.26. The minimum atomic E-state index is -1.40. The van der Waals surface area contributed by atoms with Gasteiger partial charge in [-0.05, 0) is 69.9 Å². The van der Waals surface area contributed by atoms with Crippen LogP contribution in [0.1, 0.15) is 43.8 Å². The molecule has 1 saturated heterocycles. The molecule has 4 rings (SSSR count). The SMILES string of the molecule is COc1ccc2ncc(Cl)c([C@H](F)CCC3(C(=O)NO)CCN(CCCSc4cnccn4)CC3)c2c1. The van der Waals surface area contributed by atoms with E-state index in [4.69, 9.17) is 16.3 Å². The van der Waals surface area contributed by atoms with Gasteiger partial charge in [-0.3, -0.25) is 20.0 Å². The lowest BCUT2D eigenvalue weighted by Crippen LogP contribution is -2.48. The van der Waals surface area contributed by atoms with E-state index in [9.17, 15) is 10.0 Å². The molecule has 2 N–H and O–H groups in total. The van der Waals surface area contributed by atoms with Crippen LogP contribution in [0.15, 0.2) is 48.0 Å². The summed E-state index contributed by atoms with van der Waals surface area (Å²) in [5.74, 6) is 1.06. The second-order valence-electron chi connectivity index (χ2n) is 9.22. The van der Waals surface area contributed by atoms with Gasteiger partial charge in [-0.25, -0.2) is 14.9 Å². The van der Waals surface area contributed by atoms with Gasteiger partial charge >= 0.3 is 0 Å². The number of halogens is 2. The Morgan fingerprint density at radius 2 is 2.11 bits per heavy atom. The normalized spacial score (nSPS) is 16.4. The summed E-state index contributed by atoms with van der Waals surface area (Å²) in [5, 5.41) is 11.2. The number of carbonyl (C=O) groups is 1. The number of piperidine rings is 1. The Labute approximate surface area is 224 Å². The summed E-state index contributed by atoms with van der Waals surface area (Å²) in [6.45, 7) is 2.31. The molecule has 0 unspecified atom stereocenters. The third-order valence-electron chi connectivity index (χ3n) is 7.06. The van der Waals surface area contributed by atoms with Crippen LogP contribution in [0.25, 0.3) is 10.9 Å². The van der Waals surface area contributed by atoms with Crippen molar-refractivity contribution >= 4 is 40.2 Å². The van der Waals surface area contributed by atoms with Crippen LogP contribution in [0.3, 0.4) is 0 Å². The summed E-state index contributed by atoms with van der Waals surface area (Å²) in [5.41, 5.74) is 1.97. The number of pyridine rings is 1. The van der Waals surface area contributed by atoms with Gasteiger partial charge in [-0.1, -0.05) is 11.6 Å². The van der Waals surface area contributed by atoms with Crippen molar-refractivity contribution < 1.29 is 19.1 Å². The molecule has 0 spiro atoms. The zero-order valence-electron chi connectivity index (χ0n) is 20.7. The number of hydrogen-bond donors (Lipinski definition) is 2. The van der Waals surface area contributed by atoms with Crippen LogP contribution in [0.2, 0.25) is 5.02 Å². The molecule has 1 aromatic carbocycles. The summed E-state index contributed by atoms with van der Waals surface area (Å²) in [7, 11) is 1.55. The zero-order valence-corrected chi connectivity index (χ0v) is 22.3. The summed E-state index contributed by atoms with van der Waals surface area (Å²) >= 11 is 8.05. The molecule has 3 aromatic rings. The molecule has 0 radical (unpaired) electrons.